The molecule has 0 saturated heterocycles. The molecule has 1 heterocycles. The minimum atomic E-state index is -0.674. The molecule has 1 aromatic heterocycles. The Labute approximate surface area is 256 Å². The number of fused-ring (bicyclic) bond motifs is 7. The lowest BCUT2D eigenvalue weighted by atomic mass is 9.33. The predicted molar refractivity (Wildman–Crippen MR) is 164 cm³/mol. The Hall–Kier alpha value is -2.83. The molecule has 0 aliphatic heterocycles. The number of allylic oxidation sites excluding steroid dienone is 2. The van der Waals surface area contributed by atoms with Crippen molar-refractivity contribution < 1.29 is 19.2 Å². The molecule has 0 spiro atoms. The van der Waals surface area contributed by atoms with Gasteiger partial charge in [-0.25, -0.2) is 0 Å². The van der Waals surface area contributed by atoms with E-state index in [9.17, 15) is 19.2 Å². The molecular formula is C36H49N3O4. The number of aromatic nitrogens is 1. The van der Waals surface area contributed by atoms with E-state index in [1.165, 1.54) is 5.57 Å². The van der Waals surface area contributed by atoms with Gasteiger partial charge < -0.3 is 0 Å². The van der Waals surface area contributed by atoms with Gasteiger partial charge in [0.25, 0.3) is 5.91 Å². The first-order chi connectivity index (χ1) is 20.0. The highest BCUT2D eigenvalue weighted by Crippen LogP contribution is 2.74. The Kier molecular flexibility index (Phi) is 6.73. The summed E-state index contributed by atoms with van der Waals surface area (Å²) in [7, 11) is 0. The van der Waals surface area contributed by atoms with Crippen LogP contribution >= 0.6 is 0 Å². The largest absolute Gasteiger partial charge is 0.299 e. The maximum Gasteiger partial charge on any atom is 0.269 e. The maximum atomic E-state index is 14.5. The van der Waals surface area contributed by atoms with Crippen molar-refractivity contribution in [3.05, 3.63) is 41.7 Å². The lowest BCUT2D eigenvalue weighted by Gasteiger charge is -2.70. The second-order valence-corrected chi connectivity index (χ2v) is 16.5. The molecule has 4 saturated carbocycles. The molecule has 0 unspecified atom stereocenters. The van der Waals surface area contributed by atoms with Crippen LogP contribution in [0.1, 0.15) is 117 Å². The van der Waals surface area contributed by atoms with E-state index < -0.39 is 10.8 Å². The van der Waals surface area contributed by atoms with E-state index in [-0.39, 0.29) is 57.0 Å². The van der Waals surface area contributed by atoms with Crippen molar-refractivity contribution in [3.63, 3.8) is 0 Å². The number of hydrogen-bond acceptors (Lipinski definition) is 5. The third kappa shape index (κ3) is 4.15. The predicted octanol–water partition coefficient (Wildman–Crippen LogP) is 6.39. The van der Waals surface area contributed by atoms with Crippen molar-refractivity contribution in [1.82, 2.24) is 15.8 Å². The molecule has 2 amide bonds. The van der Waals surface area contributed by atoms with Crippen LogP contribution in [0.3, 0.4) is 0 Å². The van der Waals surface area contributed by atoms with Gasteiger partial charge >= 0.3 is 0 Å². The van der Waals surface area contributed by atoms with E-state index in [4.69, 9.17) is 0 Å². The lowest BCUT2D eigenvalue weighted by Crippen LogP contribution is -2.66. The van der Waals surface area contributed by atoms with E-state index in [0.29, 0.717) is 24.2 Å². The number of ketones is 2. The fourth-order valence-corrected chi connectivity index (χ4v) is 11.0. The molecule has 43 heavy (non-hydrogen) atoms. The summed E-state index contributed by atoms with van der Waals surface area (Å²) in [6, 6.07) is 3.22. The third-order valence-corrected chi connectivity index (χ3v) is 14.1. The smallest absolute Gasteiger partial charge is 0.269 e. The topological polar surface area (TPSA) is 105 Å². The van der Waals surface area contributed by atoms with Crippen LogP contribution in [0, 0.1) is 50.2 Å². The number of hydrazine groups is 1. The van der Waals surface area contributed by atoms with E-state index in [1.54, 1.807) is 24.5 Å². The Morgan fingerprint density at radius 2 is 1.53 bits per heavy atom. The van der Waals surface area contributed by atoms with E-state index >= 15 is 0 Å². The maximum absolute atomic E-state index is 14.5. The second-order valence-electron chi connectivity index (χ2n) is 16.5. The zero-order valence-corrected chi connectivity index (χ0v) is 27.1. The third-order valence-electron chi connectivity index (χ3n) is 14.1. The first-order valence-corrected chi connectivity index (χ1v) is 16.3. The summed E-state index contributed by atoms with van der Waals surface area (Å²) in [5.74, 6) is 0.237. The van der Waals surface area contributed by atoms with Crippen LogP contribution in [0.2, 0.25) is 0 Å². The fraction of sp³-hybridized carbons (Fsp3) is 0.694. The van der Waals surface area contributed by atoms with Crippen LogP contribution in [-0.2, 0) is 14.4 Å². The van der Waals surface area contributed by atoms with E-state index in [1.807, 2.05) is 13.0 Å². The molecule has 8 atom stereocenters. The monoisotopic (exact) mass is 587 g/mol. The minimum absolute atomic E-state index is 0.0231. The number of nitrogens with one attached hydrogen (secondary N) is 2. The minimum Gasteiger partial charge on any atom is -0.299 e. The molecule has 5 aliphatic carbocycles. The number of pyridine rings is 1. The van der Waals surface area contributed by atoms with Gasteiger partial charge in [0.15, 0.2) is 5.78 Å². The molecule has 1 aromatic rings. The Balaban J connectivity index is 1.31. The lowest BCUT2D eigenvalue weighted by molar-refractivity contribution is -0.187. The normalized spacial score (nSPS) is 43.2. The van der Waals surface area contributed by atoms with E-state index in [0.717, 1.165) is 44.9 Å². The van der Waals surface area contributed by atoms with Crippen LogP contribution in [0.4, 0.5) is 0 Å². The SMILES string of the molecule is CC1(C)C(=O)CC[C@]2(C)[C@H]3C(=O)C=C4[C@@H]5C[C@@](C)(C(=O)NNC(=O)c6ccncc6)CC[C@]5(C)CC[C@@]4(C)[C@]3(C)CC[C@@H]12. The van der Waals surface area contributed by atoms with Gasteiger partial charge in [-0.05, 0) is 103 Å². The number of nitrogens with zero attached hydrogens (tertiary/aromatic N) is 1. The number of Topliss-reactive ketones (excluding diaryl/α,β-unsaturated/α-hetero) is 1. The summed E-state index contributed by atoms with van der Waals surface area (Å²) in [6.07, 6.45) is 12.8. The van der Waals surface area contributed by atoms with Crippen molar-refractivity contribution in [2.45, 2.75) is 106 Å². The van der Waals surface area contributed by atoms with E-state index in [2.05, 4.69) is 57.4 Å². The van der Waals surface area contributed by atoms with Crippen LogP contribution < -0.4 is 10.9 Å². The molecule has 0 aromatic carbocycles. The summed E-state index contributed by atoms with van der Waals surface area (Å²) in [5, 5.41) is 0. The van der Waals surface area contributed by atoms with Crippen LogP contribution in [0.5, 0.6) is 0 Å². The highest BCUT2D eigenvalue weighted by Gasteiger charge is 2.70. The first kappa shape index (κ1) is 30.2. The fourth-order valence-electron chi connectivity index (χ4n) is 11.0. The standard InChI is InChI=1S/C36H49N3O4/c1-31(2)26-8-13-36(7)28(34(26,5)12-9-27(31)41)25(40)20-23-24-21-33(4,15-14-32(24,3)16-17-35(23,36)6)30(43)39-38-29(42)22-10-18-37-19-11-22/h10-11,18-20,24,26,28H,8-9,12-17,21H2,1-7H3,(H,38,42)(H,39,43)/t24-,26-,28+,32+,33-,34-,35+,36+/m0/s1. The van der Waals surface area contributed by atoms with Crippen molar-refractivity contribution in [3.8, 4) is 0 Å². The molecule has 2 N–H and O–H groups in total. The molecule has 0 bridgehead atoms. The second kappa shape index (κ2) is 9.58. The number of rotatable bonds is 2. The van der Waals surface area contributed by atoms with Crippen molar-refractivity contribution in [2.24, 2.45) is 50.2 Å². The molecule has 0 radical (unpaired) electrons. The molecule has 4 fully saturated rings. The van der Waals surface area contributed by atoms with Gasteiger partial charge in [0, 0.05) is 41.1 Å². The molecule has 7 nitrogen and oxygen atoms in total. The molecular weight excluding hydrogens is 538 g/mol. The van der Waals surface area contributed by atoms with Crippen molar-refractivity contribution in [2.75, 3.05) is 0 Å². The number of carbonyl (C=O) groups is 4. The van der Waals surface area contributed by atoms with Gasteiger partial charge in [-0.3, -0.25) is 35.0 Å². The van der Waals surface area contributed by atoms with Crippen molar-refractivity contribution >= 4 is 23.4 Å². The van der Waals surface area contributed by atoms with Crippen LogP contribution in [0.25, 0.3) is 0 Å². The summed E-state index contributed by atoms with van der Waals surface area (Å²) in [5.41, 5.74) is 5.38. The Bertz CT molecular complexity index is 1420. The summed E-state index contributed by atoms with van der Waals surface area (Å²) < 4.78 is 0. The van der Waals surface area contributed by atoms with Crippen LogP contribution in [-0.4, -0.2) is 28.4 Å². The van der Waals surface area contributed by atoms with Crippen molar-refractivity contribution in [1.29, 1.82) is 0 Å². The summed E-state index contributed by atoms with van der Waals surface area (Å²) in [4.78, 5) is 57.7. The molecule has 232 valence electrons. The zero-order chi connectivity index (χ0) is 31.2. The van der Waals surface area contributed by atoms with Gasteiger partial charge in [0.2, 0.25) is 5.91 Å². The Morgan fingerprint density at radius 3 is 2.23 bits per heavy atom. The summed E-state index contributed by atoms with van der Waals surface area (Å²) >= 11 is 0. The molecule has 6 rings (SSSR count). The number of amides is 2. The van der Waals surface area contributed by atoms with Gasteiger partial charge in [-0.2, -0.15) is 0 Å². The van der Waals surface area contributed by atoms with Gasteiger partial charge in [0.1, 0.15) is 5.78 Å². The van der Waals surface area contributed by atoms with Gasteiger partial charge in [0.05, 0.1) is 0 Å². The van der Waals surface area contributed by atoms with Crippen LogP contribution in [0.15, 0.2) is 36.2 Å². The van der Waals surface area contributed by atoms with Gasteiger partial charge in [-0.1, -0.05) is 54.0 Å². The van der Waals surface area contributed by atoms with Gasteiger partial charge in [-0.15, -0.1) is 0 Å². The highest BCUT2D eigenvalue weighted by molar-refractivity contribution is 5.97. The average molecular weight is 588 g/mol. The first-order valence-electron chi connectivity index (χ1n) is 16.3. The quantitative estimate of drug-likeness (QED) is 0.390. The zero-order valence-electron chi connectivity index (χ0n) is 27.1. The Morgan fingerprint density at radius 1 is 0.860 bits per heavy atom. The summed E-state index contributed by atoms with van der Waals surface area (Å²) in [6.45, 7) is 15.7. The molecule has 5 aliphatic rings. The molecule has 7 heteroatoms. The highest BCUT2D eigenvalue weighted by atomic mass is 16.2. The number of hydrogen-bond donors (Lipinski definition) is 2. The number of carbonyl (C=O) groups excluding carboxylic acids is 4. The average Bonchev–Trinajstić information content (AvgIpc) is 2.96.